The van der Waals surface area contributed by atoms with Crippen molar-refractivity contribution in [1.82, 2.24) is 14.9 Å². The second kappa shape index (κ2) is 11.0. The number of amides is 1. The van der Waals surface area contributed by atoms with Gasteiger partial charge in [-0.25, -0.2) is 4.98 Å². The number of aromatic nitrogens is 2. The van der Waals surface area contributed by atoms with Crippen LogP contribution in [0.15, 0.2) is 21.6 Å². The second-order valence-electron chi connectivity index (χ2n) is 8.64. The van der Waals surface area contributed by atoms with Crippen LogP contribution in [0.4, 0.5) is 0 Å². The molecule has 0 saturated carbocycles. The van der Waals surface area contributed by atoms with Gasteiger partial charge in [0.2, 0.25) is 5.91 Å². The van der Waals surface area contributed by atoms with Gasteiger partial charge in [-0.1, -0.05) is 23.4 Å². The SMILES string of the molecule is COCCn1c(SC(C)C(=O)NCCC2=CCCCC2)nc2sc3c(c2c1=O)CCCC3. The lowest BCUT2D eigenvalue weighted by molar-refractivity contribution is -0.120. The first-order valence-electron chi connectivity index (χ1n) is 11.7. The Balaban J connectivity index is 1.51. The number of hydrogen-bond donors (Lipinski definition) is 1. The van der Waals surface area contributed by atoms with E-state index in [0.29, 0.717) is 24.9 Å². The van der Waals surface area contributed by atoms with Gasteiger partial charge in [-0.3, -0.25) is 14.2 Å². The molecule has 0 fully saturated rings. The van der Waals surface area contributed by atoms with E-state index in [0.717, 1.165) is 48.7 Å². The van der Waals surface area contributed by atoms with Gasteiger partial charge in [0, 0.05) is 18.5 Å². The molecule has 2 aromatic heterocycles. The molecule has 1 atom stereocenters. The molecule has 1 unspecified atom stereocenters. The first kappa shape index (κ1) is 23.5. The van der Waals surface area contributed by atoms with Gasteiger partial charge in [0.15, 0.2) is 5.16 Å². The molecular weight excluding hydrogens is 442 g/mol. The summed E-state index contributed by atoms with van der Waals surface area (Å²) >= 11 is 3.02. The van der Waals surface area contributed by atoms with Crippen molar-refractivity contribution >= 4 is 39.2 Å². The summed E-state index contributed by atoms with van der Waals surface area (Å²) in [4.78, 5) is 33.2. The van der Waals surface area contributed by atoms with Crippen molar-refractivity contribution in [2.24, 2.45) is 0 Å². The number of methoxy groups -OCH3 is 1. The molecule has 174 valence electrons. The van der Waals surface area contributed by atoms with Gasteiger partial charge in [-0.2, -0.15) is 0 Å². The molecule has 0 spiro atoms. The van der Waals surface area contributed by atoms with Crippen LogP contribution in [-0.4, -0.2) is 41.0 Å². The van der Waals surface area contributed by atoms with Crippen molar-refractivity contribution in [2.45, 2.75) is 81.7 Å². The van der Waals surface area contributed by atoms with E-state index in [1.807, 2.05) is 6.92 Å². The molecule has 0 aromatic carbocycles. The van der Waals surface area contributed by atoms with Crippen molar-refractivity contribution in [3.8, 4) is 0 Å². The lowest BCUT2D eigenvalue weighted by atomic mass is 9.97. The quantitative estimate of drug-likeness (QED) is 0.329. The molecular formula is C24H33N3O3S2. The highest BCUT2D eigenvalue weighted by molar-refractivity contribution is 8.00. The third kappa shape index (κ3) is 5.29. The van der Waals surface area contributed by atoms with Crippen LogP contribution in [0, 0.1) is 0 Å². The Morgan fingerprint density at radius 3 is 2.88 bits per heavy atom. The van der Waals surface area contributed by atoms with Crippen LogP contribution in [0.3, 0.4) is 0 Å². The number of fused-ring (bicyclic) bond motifs is 3. The molecule has 2 aromatic rings. The first-order valence-corrected chi connectivity index (χ1v) is 13.4. The first-order chi connectivity index (χ1) is 15.6. The van der Waals surface area contributed by atoms with E-state index in [1.54, 1.807) is 23.0 Å². The van der Waals surface area contributed by atoms with Crippen LogP contribution in [0.2, 0.25) is 0 Å². The predicted molar refractivity (Wildman–Crippen MR) is 132 cm³/mol. The molecule has 0 saturated heterocycles. The lowest BCUT2D eigenvalue weighted by Gasteiger charge is -2.17. The summed E-state index contributed by atoms with van der Waals surface area (Å²) in [6, 6.07) is 0. The van der Waals surface area contributed by atoms with E-state index in [1.165, 1.54) is 47.0 Å². The molecule has 1 N–H and O–H groups in total. The van der Waals surface area contributed by atoms with Gasteiger partial charge >= 0.3 is 0 Å². The highest BCUT2D eigenvalue weighted by Crippen LogP contribution is 2.35. The van der Waals surface area contributed by atoms with Crippen LogP contribution in [-0.2, 0) is 28.9 Å². The van der Waals surface area contributed by atoms with E-state index in [4.69, 9.17) is 9.72 Å². The van der Waals surface area contributed by atoms with E-state index < -0.39 is 0 Å². The Bertz CT molecular complexity index is 1060. The number of carbonyl (C=O) groups excluding carboxylic acids is 1. The Labute approximate surface area is 197 Å². The van der Waals surface area contributed by atoms with E-state index in [-0.39, 0.29) is 16.7 Å². The number of thioether (sulfide) groups is 1. The predicted octanol–water partition coefficient (Wildman–Crippen LogP) is 4.47. The number of rotatable bonds is 9. The van der Waals surface area contributed by atoms with Gasteiger partial charge in [-0.15, -0.1) is 11.3 Å². The highest BCUT2D eigenvalue weighted by atomic mass is 32.2. The Morgan fingerprint density at radius 1 is 1.28 bits per heavy atom. The zero-order valence-corrected chi connectivity index (χ0v) is 20.7. The Morgan fingerprint density at radius 2 is 2.09 bits per heavy atom. The fourth-order valence-electron chi connectivity index (χ4n) is 4.52. The molecule has 4 rings (SSSR count). The average Bonchev–Trinajstić information content (AvgIpc) is 3.18. The minimum absolute atomic E-state index is 0.00536. The monoisotopic (exact) mass is 475 g/mol. The largest absolute Gasteiger partial charge is 0.383 e. The summed E-state index contributed by atoms with van der Waals surface area (Å²) in [5.74, 6) is -0.00970. The number of allylic oxidation sites excluding steroid dienone is 1. The van der Waals surface area contributed by atoms with Crippen molar-refractivity contribution in [3.63, 3.8) is 0 Å². The summed E-state index contributed by atoms with van der Waals surface area (Å²) in [5.41, 5.74) is 2.66. The van der Waals surface area contributed by atoms with Gasteiger partial charge in [0.1, 0.15) is 4.83 Å². The highest BCUT2D eigenvalue weighted by Gasteiger charge is 2.24. The van der Waals surface area contributed by atoms with Crippen LogP contribution < -0.4 is 10.9 Å². The summed E-state index contributed by atoms with van der Waals surface area (Å²) in [6.45, 7) is 3.42. The molecule has 0 aliphatic heterocycles. The third-order valence-corrected chi connectivity index (χ3v) is 8.62. The van der Waals surface area contributed by atoms with Crippen molar-refractivity contribution in [2.75, 3.05) is 20.3 Å². The van der Waals surface area contributed by atoms with Crippen molar-refractivity contribution < 1.29 is 9.53 Å². The lowest BCUT2D eigenvalue weighted by Crippen LogP contribution is -2.33. The van der Waals surface area contributed by atoms with Gasteiger partial charge in [-0.05, 0) is 70.3 Å². The standard InChI is InChI=1S/C24H33N3O3S2/c1-16(21(28)25-13-12-17-8-4-3-5-9-17)31-24-26-22-20(23(29)27(24)14-15-30-2)18-10-6-7-11-19(18)32-22/h8,16H,3-7,9-15H2,1-2H3,(H,25,28). The number of carbonyl (C=O) groups is 1. The van der Waals surface area contributed by atoms with Crippen molar-refractivity contribution in [3.05, 3.63) is 32.4 Å². The zero-order chi connectivity index (χ0) is 22.5. The van der Waals surface area contributed by atoms with E-state index in [9.17, 15) is 9.59 Å². The van der Waals surface area contributed by atoms with Gasteiger partial charge in [0.05, 0.1) is 23.8 Å². The molecule has 32 heavy (non-hydrogen) atoms. The normalized spacial score (nSPS) is 17.1. The molecule has 6 nitrogen and oxygen atoms in total. The Hall–Kier alpha value is -1.64. The maximum absolute atomic E-state index is 13.4. The number of hydrogen-bond acceptors (Lipinski definition) is 6. The van der Waals surface area contributed by atoms with Gasteiger partial charge < -0.3 is 10.1 Å². The average molecular weight is 476 g/mol. The molecule has 0 radical (unpaired) electrons. The third-order valence-electron chi connectivity index (χ3n) is 6.34. The van der Waals surface area contributed by atoms with Crippen molar-refractivity contribution in [1.29, 1.82) is 0 Å². The molecule has 2 aliphatic rings. The fraction of sp³-hybridized carbons (Fsp3) is 0.625. The minimum Gasteiger partial charge on any atom is -0.383 e. The maximum Gasteiger partial charge on any atom is 0.263 e. The fourth-order valence-corrected chi connectivity index (χ4v) is 6.78. The van der Waals surface area contributed by atoms with Crippen LogP contribution in [0.1, 0.15) is 62.3 Å². The topological polar surface area (TPSA) is 73.2 Å². The minimum atomic E-state index is -0.330. The second-order valence-corrected chi connectivity index (χ2v) is 11.0. The Kier molecular flexibility index (Phi) is 8.07. The number of aryl methyl sites for hydroxylation is 2. The zero-order valence-electron chi connectivity index (χ0n) is 19.1. The van der Waals surface area contributed by atoms with E-state index >= 15 is 0 Å². The molecule has 0 bridgehead atoms. The molecule has 8 heteroatoms. The number of nitrogens with one attached hydrogen (secondary N) is 1. The van der Waals surface area contributed by atoms with Crippen LogP contribution in [0.25, 0.3) is 10.2 Å². The van der Waals surface area contributed by atoms with Crippen LogP contribution >= 0.6 is 23.1 Å². The summed E-state index contributed by atoms with van der Waals surface area (Å²) in [6.07, 6.45) is 12.4. The molecule has 1 amide bonds. The summed E-state index contributed by atoms with van der Waals surface area (Å²) in [7, 11) is 1.63. The number of thiophene rings is 1. The maximum atomic E-state index is 13.4. The van der Waals surface area contributed by atoms with Crippen LogP contribution in [0.5, 0.6) is 0 Å². The number of ether oxygens (including phenoxy) is 1. The molecule has 2 aliphatic carbocycles. The number of nitrogens with zero attached hydrogens (tertiary/aromatic N) is 2. The smallest absolute Gasteiger partial charge is 0.263 e. The van der Waals surface area contributed by atoms with Gasteiger partial charge in [0.25, 0.3) is 5.56 Å². The molecule has 2 heterocycles. The summed E-state index contributed by atoms with van der Waals surface area (Å²) < 4.78 is 6.95. The summed E-state index contributed by atoms with van der Waals surface area (Å²) in [5, 5.41) is 4.12. The van der Waals surface area contributed by atoms with E-state index in [2.05, 4.69) is 11.4 Å².